The van der Waals surface area contributed by atoms with Crippen LogP contribution in [-0.4, -0.2) is 14.9 Å². The molecule has 3 N–H and O–H groups in total. The van der Waals surface area contributed by atoms with E-state index in [9.17, 15) is 10.1 Å². The Hall–Kier alpha value is -3.42. The van der Waals surface area contributed by atoms with Crippen LogP contribution in [0.3, 0.4) is 0 Å². The number of nitro groups is 1. The maximum atomic E-state index is 11.2. The van der Waals surface area contributed by atoms with Crippen molar-refractivity contribution in [2.45, 2.75) is 6.54 Å². The Bertz CT molecular complexity index is 819. The number of anilines is 2. The highest BCUT2D eigenvalue weighted by molar-refractivity contribution is 5.74. The van der Waals surface area contributed by atoms with Crippen LogP contribution in [0.1, 0.15) is 5.56 Å². The summed E-state index contributed by atoms with van der Waals surface area (Å²) in [5.41, 5.74) is 6.42. The van der Waals surface area contributed by atoms with Gasteiger partial charge >= 0.3 is 5.69 Å². The van der Waals surface area contributed by atoms with Gasteiger partial charge in [-0.05, 0) is 17.7 Å². The summed E-state index contributed by atoms with van der Waals surface area (Å²) in [6, 6.07) is 12.8. The molecule has 23 heavy (non-hydrogen) atoms. The molecular weight excluding hydrogens is 298 g/mol. The van der Waals surface area contributed by atoms with Crippen LogP contribution in [0.2, 0.25) is 0 Å². The Morgan fingerprint density at radius 3 is 2.61 bits per heavy atom. The minimum atomic E-state index is -0.617. The Morgan fingerprint density at radius 2 is 1.96 bits per heavy atom. The van der Waals surface area contributed by atoms with Gasteiger partial charge in [0, 0.05) is 6.54 Å². The minimum absolute atomic E-state index is 0.0445. The third kappa shape index (κ3) is 3.10. The number of benzene rings is 1. The van der Waals surface area contributed by atoms with E-state index >= 15 is 0 Å². The monoisotopic (exact) mass is 311 g/mol. The average Bonchev–Trinajstić information content (AvgIpc) is 3.07. The van der Waals surface area contributed by atoms with E-state index < -0.39 is 4.92 Å². The van der Waals surface area contributed by atoms with Crippen molar-refractivity contribution in [3.8, 4) is 11.5 Å². The molecule has 0 saturated heterocycles. The fourth-order valence-electron chi connectivity index (χ4n) is 2.09. The van der Waals surface area contributed by atoms with Crippen LogP contribution in [-0.2, 0) is 6.54 Å². The van der Waals surface area contributed by atoms with Crippen molar-refractivity contribution in [2.75, 3.05) is 11.1 Å². The van der Waals surface area contributed by atoms with Gasteiger partial charge in [0.05, 0.1) is 11.2 Å². The lowest BCUT2D eigenvalue weighted by molar-refractivity contribution is -0.383. The largest absolute Gasteiger partial charge is 0.462 e. The lowest BCUT2D eigenvalue weighted by Gasteiger charge is -2.08. The van der Waals surface area contributed by atoms with Gasteiger partial charge in [0.15, 0.2) is 11.5 Å². The van der Waals surface area contributed by atoms with Gasteiger partial charge in [-0.2, -0.15) is 4.98 Å². The van der Waals surface area contributed by atoms with Crippen molar-refractivity contribution < 1.29 is 9.34 Å². The van der Waals surface area contributed by atoms with Gasteiger partial charge in [-0.15, -0.1) is 0 Å². The summed E-state index contributed by atoms with van der Waals surface area (Å²) in [5, 5.41) is 14.2. The van der Waals surface area contributed by atoms with Gasteiger partial charge < -0.3 is 15.5 Å². The topological polar surface area (TPSA) is 120 Å². The summed E-state index contributed by atoms with van der Waals surface area (Å²) >= 11 is 0. The molecule has 2 aromatic heterocycles. The Balaban J connectivity index is 1.95. The van der Waals surface area contributed by atoms with Crippen molar-refractivity contribution in [3.05, 3.63) is 64.4 Å². The third-order valence-corrected chi connectivity index (χ3v) is 3.14. The van der Waals surface area contributed by atoms with Crippen LogP contribution in [0.5, 0.6) is 0 Å². The molecule has 3 rings (SSSR count). The fourth-order valence-corrected chi connectivity index (χ4v) is 2.09. The molecule has 2 heterocycles. The molecule has 0 aliphatic heterocycles. The van der Waals surface area contributed by atoms with Crippen molar-refractivity contribution in [3.63, 3.8) is 0 Å². The molecule has 3 aromatic rings. The molecule has 8 heteroatoms. The summed E-state index contributed by atoms with van der Waals surface area (Å²) in [7, 11) is 0. The summed E-state index contributed by atoms with van der Waals surface area (Å²) in [6.45, 7) is 0.468. The van der Waals surface area contributed by atoms with E-state index in [1.807, 2.05) is 30.3 Å². The van der Waals surface area contributed by atoms with E-state index in [0.29, 0.717) is 6.54 Å². The van der Waals surface area contributed by atoms with E-state index in [4.69, 9.17) is 10.2 Å². The number of rotatable bonds is 5. The van der Waals surface area contributed by atoms with Crippen LogP contribution < -0.4 is 11.1 Å². The van der Waals surface area contributed by atoms with E-state index in [-0.39, 0.29) is 28.9 Å². The number of hydrogen-bond donors (Lipinski definition) is 2. The summed E-state index contributed by atoms with van der Waals surface area (Å²) in [6.07, 6.45) is 1.41. The summed E-state index contributed by atoms with van der Waals surface area (Å²) < 4.78 is 5.21. The van der Waals surface area contributed by atoms with Gasteiger partial charge in [-0.3, -0.25) is 10.1 Å². The Labute approximate surface area is 131 Å². The highest BCUT2D eigenvalue weighted by Gasteiger charge is 2.25. The van der Waals surface area contributed by atoms with Crippen LogP contribution in [0, 0.1) is 10.1 Å². The SMILES string of the molecule is Nc1nc(NCc2ccccc2)nc(-c2ccco2)c1[N+](=O)[O-]. The minimum Gasteiger partial charge on any atom is -0.462 e. The molecule has 8 nitrogen and oxygen atoms in total. The lowest BCUT2D eigenvalue weighted by atomic mass is 10.2. The smallest absolute Gasteiger partial charge is 0.340 e. The van der Waals surface area contributed by atoms with Crippen LogP contribution in [0.15, 0.2) is 53.1 Å². The number of hydrogen-bond acceptors (Lipinski definition) is 7. The second-order valence-corrected chi connectivity index (χ2v) is 4.70. The Morgan fingerprint density at radius 1 is 1.17 bits per heavy atom. The number of aromatic nitrogens is 2. The zero-order valence-electron chi connectivity index (χ0n) is 12.0. The number of furan rings is 1. The third-order valence-electron chi connectivity index (χ3n) is 3.14. The second kappa shape index (κ2) is 6.14. The number of nitrogens with one attached hydrogen (secondary N) is 1. The maximum absolute atomic E-state index is 11.2. The van der Waals surface area contributed by atoms with Crippen molar-refractivity contribution in [1.29, 1.82) is 0 Å². The number of nitrogens with zero attached hydrogens (tertiary/aromatic N) is 3. The molecule has 0 atom stereocenters. The first-order valence-electron chi connectivity index (χ1n) is 6.78. The first kappa shape index (κ1) is 14.5. The van der Waals surface area contributed by atoms with Gasteiger partial charge in [0.25, 0.3) is 0 Å². The molecule has 0 bridgehead atoms. The molecule has 0 fully saturated rings. The Kier molecular flexibility index (Phi) is 3.88. The average molecular weight is 311 g/mol. The summed E-state index contributed by atoms with van der Waals surface area (Å²) in [5.74, 6) is 0.240. The summed E-state index contributed by atoms with van der Waals surface area (Å²) in [4.78, 5) is 18.7. The highest BCUT2D eigenvalue weighted by Crippen LogP contribution is 2.33. The van der Waals surface area contributed by atoms with Crippen molar-refractivity contribution in [1.82, 2.24) is 9.97 Å². The molecule has 0 aliphatic carbocycles. The molecule has 0 amide bonds. The zero-order valence-corrected chi connectivity index (χ0v) is 12.0. The normalized spacial score (nSPS) is 10.4. The molecule has 0 spiro atoms. The zero-order chi connectivity index (χ0) is 16.2. The molecule has 0 saturated carbocycles. The molecule has 0 radical (unpaired) electrons. The number of nitrogens with two attached hydrogens (primary N) is 1. The van der Waals surface area contributed by atoms with E-state index in [1.54, 1.807) is 12.1 Å². The van der Waals surface area contributed by atoms with E-state index in [0.717, 1.165) is 5.56 Å². The maximum Gasteiger partial charge on any atom is 0.340 e. The van der Waals surface area contributed by atoms with Gasteiger partial charge in [-0.25, -0.2) is 4.98 Å². The van der Waals surface area contributed by atoms with Gasteiger partial charge in [-0.1, -0.05) is 30.3 Å². The van der Waals surface area contributed by atoms with Crippen molar-refractivity contribution >= 4 is 17.5 Å². The van der Waals surface area contributed by atoms with E-state index in [1.165, 1.54) is 6.26 Å². The fraction of sp³-hybridized carbons (Fsp3) is 0.0667. The quantitative estimate of drug-likeness (QED) is 0.549. The van der Waals surface area contributed by atoms with Crippen LogP contribution >= 0.6 is 0 Å². The molecule has 0 aliphatic rings. The predicted molar refractivity (Wildman–Crippen MR) is 84.6 cm³/mol. The second-order valence-electron chi connectivity index (χ2n) is 4.70. The van der Waals surface area contributed by atoms with Gasteiger partial charge in [0.1, 0.15) is 0 Å². The van der Waals surface area contributed by atoms with Crippen molar-refractivity contribution in [2.24, 2.45) is 0 Å². The molecular formula is C15H13N5O3. The van der Waals surface area contributed by atoms with Gasteiger partial charge in [0.2, 0.25) is 11.8 Å². The van der Waals surface area contributed by atoms with Crippen LogP contribution in [0.25, 0.3) is 11.5 Å². The predicted octanol–water partition coefficient (Wildman–Crippen LogP) is 2.84. The standard InChI is InChI=1S/C15H13N5O3/c16-14-13(20(21)22)12(11-7-4-8-23-11)18-15(19-14)17-9-10-5-2-1-3-6-10/h1-8H,9H2,(H3,16,17,18,19). The molecule has 0 unspecified atom stereocenters. The first-order valence-corrected chi connectivity index (χ1v) is 6.78. The first-order chi connectivity index (χ1) is 11.1. The highest BCUT2D eigenvalue weighted by atomic mass is 16.6. The lowest BCUT2D eigenvalue weighted by Crippen LogP contribution is -2.09. The number of nitrogen functional groups attached to an aromatic ring is 1. The molecule has 116 valence electrons. The van der Waals surface area contributed by atoms with E-state index in [2.05, 4.69) is 15.3 Å². The van der Waals surface area contributed by atoms with Crippen LogP contribution in [0.4, 0.5) is 17.5 Å². The molecule has 1 aromatic carbocycles.